The predicted octanol–water partition coefficient (Wildman–Crippen LogP) is 5.87. The third-order valence-corrected chi connectivity index (χ3v) is 8.28. The molecule has 9 aromatic rings. The maximum absolute atomic E-state index is 10.8. The Morgan fingerprint density at radius 2 is 0.755 bits per heavy atom. The van der Waals surface area contributed by atoms with Crippen molar-refractivity contribution in [2.45, 2.75) is 13.1 Å². The van der Waals surface area contributed by atoms with Gasteiger partial charge >= 0.3 is 17.1 Å². The number of hydrogen-bond donors (Lipinski definition) is 0. The van der Waals surface area contributed by atoms with Crippen LogP contribution in [-0.4, -0.2) is 31.0 Å². The number of aromatic nitrogens is 4. The number of nitrogens with zero attached hydrogens (tertiary/aromatic N) is 4. The summed E-state index contributed by atoms with van der Waals surface area (Å²) in [5.74, 6) is -2.15. The summed E-state index contributed by atoms with van der Waals surface area (Å²) in [6, 6.07) is 43.3. The van der Waals surface area contributed by atoms with E-state index >= 15 is 0 Å². The maximum Gasteiger partial charge on any atom is 2.00 e. The Morgan fingerprint density at radius 1 is 0.449 bits per heavy atom. The molecule has 9 heteroatoms. The summed E-state index contributed by atoms with van der Waals surface area (Å²) in [6.45, 7) is -0.234. The van der Waals surface area contributed by atoms with Crippen molar-refractivity contribution in [1.29, 1.82) is 0 Å². The van der Waals surface area contributed by atoms with Crippen molar-refractivity contribution in [1.82, 2.24) is 19.1 Å². The number of pyridine rings is 2. The normalized spacial score (nSPS) is 10.8. The molecule has 0 aliphatic rings. The molecule has 0 saturated carbocycles. The van der Waals surface area contributed by atoms with Crippen LogP contribution < -0.4 is 10.2 Å². The topological polar surface area (TPSA) is 116 Å². The van der Waals surface area contributed by atoms with Crippen LogP contribution in [0.15, 0.2) is 146 Å². The Kier molecular flexibility index (Phi) is 9.67. The summed E-state index contributed by atoms with van der Waals surface area (Å²) in [5.41, 5.74) is 5.67. The number of carboxylic acid groups (broad SMARTS) is 2. The molecule has 8 nitrogen and oxygen atoms in total. The van der Waals surface area contributed by atoms with Crippen molar-refractivity contribution in [3.63, 3.8) is 0 Å². The van der Waals surface area contributed by atoms with Gasteiger partial charge in [0.2, 0.25) is 0 Å². The molecule has 9 rings (SSSR count). The number of carboxylic acids is 2. The molecule has 243 valence electrons. The van der Waals surface area contributed by atoms with Crippen molar-refractivity contribution in [3.8, 4) is 0 Å². The summed E-state index contributed by atoms with van der Waals surface area (Å²) in [6.07, 6.45) is 3.60. The minimum Gasteiger partial charge on any atom is -0.548 e. The van der Waals surface area contributed by atoms with Gasteiger partial charge in [-0.15, -0.1) is 0 Å². The summed E-state index contributed by atoms with van der Waals surface area (Å²) in [5, 5.41) is 28.2. The zero-order chi connectivity index (χ0) is 33.0. The Bertz CT molecular complexity index is 2320. The van der Waals surface area contributed by atoms with E-state index in [1.165, 1.54) is 0 Å². The molecule has 0 aliphatic heterocycles. The first-order valence-electron chi connectivity index (χ1n) is 15.4. The van der Waals surface area contributed by atoms with Gasteiger partial charge in [-0.3, -0.25) is 9.97 Å². The van der Waals surface area contributed by atoms with Crippen LogP contribution in [0.2, 0.25) is 0 Å². The molecule has 0 aliphatic carbocycles. The molecule has 0 atom stereocenters. The molecule has 0 fully saturated rings. The van der Waals surface area contributed by atoms with Gasteiger partial charge in [0.05, 0.1) is 36.1 Å². The Morgan fingerprint density at radius 3 is 1.06 bits per heavy atom. The van der Waals surface area contributed by atoms with E-state index < -0.39 is 11.9 Å². The maximum atomic E-state index is 10.8. The molecule has 0 spiro atoms. The molecular formula is C40H28CuN4O4. The van der Waals surface area contributed by atoms with Crippen LogP contribution in [0, 0.1) is 0 Å². The van der Waals surface area contributed by atoms with E-state index in [-0.39, 0.29) is 30.2 Å². The summed E-state index contributed by atoms with van der Waals surface area (Å²) in [7, 11) is 0. The zero-order valence-electron chi connectivity index (χ0n) is 26.0. The van der Waals surface area contributed by atoms with Gasteiger partial charge in [-0.25, -0.2) is 0 Å². The fraction of sp³-hybridized carbons (Fsp3) is 0.0500. The molecule has 49 heavy (non-hydrogen) atoms. The number of benzene rings is 5. The fourth-order valence-corrected chi connectivity index (χ4v) is 6.29. The Balaban J connectivity index is 0.000000127. The average Bonchev–Trinajstić information content (AvgIpc) is 3.61. The van der Waals surface area contributed by atoms with E-state index in [4.69, 9.17) is 0 Å². The number of carbonyl (C=O) groups excluding carboxylic acids is 2. The van der Waals surface area contributed by atoms with Gasteiger partial charge in [0.25, 0.3) is 0 Å². The van der Waals surface area contributed by atoms with Gasteiger partial charge in [0, 0.05) is 66.8 Å². The van der Waals surface area contributed by atoms with Gasteiger partial charge in [-0.2, -0.15) is 0 Å². The molecule has 1 radical (unpaired) electrons. The third kappa shape index (κ3) is 6.58. The van der Waals surface area contributed by atoms with Crippen LogP contribution in [0.25, 0.3) is 65.4 Å². The number of hydrogen-bond acceptors (Lipinski definition) is 6. The smallest absolute Gasteiger partial charge is 0.548 e. The predicted molar refractivity (Wildman–Crippen MR) is 186 cm³/mol. The van der Waals surface area contributed by atoms with Crippen molar-refractivity contribution in [2.75, 3.05) is 0 Å². The minimum absolute atomic E-state index is 0. The second kappa shape index (κ2) is 14.4. The summed E-state index contributed by atoms with van der Waals surface area (Å²) in [4.78, 5) is 30.3. The van der Waals surface area contributed by atoms with Crippen LogP contribution in [0.5, 0.6) is 0 Å². The van der Waals surface area contributed by atoms with Gasteiger partial charge in [-0.1, -0.05) is 97.1 Å². The van der Waals surface area contributed by atoms with E-state index in [2.05, 4.69) is 34.2 Å². The van der Waals surface area contributed by atoms with Gasteiger partial charge in [-0.05, 0) is 36.4 Å². The minimum atomic E-state index is -1.07. The molecule has 0 N–H and O–H groups in total. The quantitative estimate of drug-likeness (QED) is 0.168. The number of carbonyl (C=O) groups is 2. The van der Waals surface area contributed by atoms with Crippen LogP contribution in [0.3, 0.4) is 0 Å². The SMILES string of the molecule is O=C([O-])Cn1c2ccccc2c2ccccc21.O=C([O-])Cn1c2ccccc2c2ccccc21.[Cu+2].c1cnc2c(c1)ccc1cccnc12. The Labute approximate surface area is 291 Å². The molecule has 0 bridgehead atoms. The zero-order valence-corrected chi connectivity index (χ0v) is 26.9. The van der Waals surface area contributed by atoms with Crippen LogP contribution in [0.4, 0.5) is 0 Å². The number of para-hydroxylation sites is 4. The van der Waals surface area contributed by atoms with Crippen molar-refractivity contribution in [3.05, 3.63) is 146 Å². The second-order valence-corrected chi connectivity index (χ2v) is 11.2. The Hall–Kier alpha value is -6.02. The van der Waals surface area contributed by atoms with E-state index in [9.17, 15) is 19.8 Å². The summed E-state index contributed by atoms with van der Waals surface area (Å²) >= 11 is 0. The largest absolute Gasteiger partial charge is 2.00 e. The van der Waals surface area contributed by atoms with Crippen LogP contribution in [-0.2, 0) is 39.7 Å². The van der Waals surface area contributed by atoms with E-state index in [0.29, 0.717) is 0 Å². The molecule has 0 saturated heterocycles. The standard InChI is InChI=1S/2C14H11NO2.C12H8N2.Cu/c2*16-14(17)9-15-12-7-3-1-5-10(12)11-6-2-4-8-13(11)15;1-3-9-5-6-10-4-2-8-14-12(10)11(9)13-7-1;/h2*1-8H,9H2,(H,16,17);1-8H;/q;;;+2/p-2. The van der Waals surface area contributed by atoms with E-state index in [1.807, 2.05) is 109 Å². The monoisotopic (exact) mass is 691 g/mol. The first-order chi connectivity index (χ1) is 23.5. The number of fused-ring (bicyclic) bond motifs is 9. The fourth-order valence-electron chi connectivity index (χ4n) is 6.29. The average molecular weight is 692 g/mol. The van der Waals surface area contributed by atoms with E-state index in [1.54, 1.807) is 21.5 Å². The van der Waals surface area contributed by atoms with Gasteiger partial charge < -0.3 is 28.9 Å². The van der Waals surface area contributed by atoms with Crippen LogP contribution >= 0.6 is 0 Å². The summed E-state index contributed by atoms with van der Waals surface area (Å²) < 4.78 is 3.56. The van der Waals surface area contributed by atoms with Gasteiger partial charge in [0.15, 0.2) is 0 Å². The van der Waals surface area contributed by atoms with Crippen LogP contribution in [0.1, 0.15) is 0 Å². The first-order valence-corrected chi connectivity index (χ1v) is 15.4. The third-order valence-electron chi connectivity index (χ3n) is 8.28. The molecular weight excluding hydrogens is 664 g/mol. The van der Waals surface area contributed by atoms with Gasteiger partial charge in [0.1, 0.15) is 0 Å². The molecule has 4 aromatic heterocycles. The first kappa shape index (κ1) is 32.9. The number of rotatable bonds is 4. The van der Waals surface area contributed by atoms with Crippen molar-refractivity contribution in [2.24, 2.45) is 0 Å². The van der Waals surface area contributed by atoms with Crippen molar-refractivity contribution < 1.29 is 36.9 Å². The molecule has 0 amide bonds. The van der Waals surface area contributed by atoms with Crippen molar-refractivity contribution >= 4 is 77.4 Å². The van der Waals surface area contributed by atoms with E-state index in [0.717, 1.165) is 65.4 Å². The molecule has 0 unspecified atom stereocenters. The molecule has 5 aromatic carbocycles. The number of aliphatic carboxylic acids is 2. The second-order valence-electron chi connectivity index (χ2n) is 11.2. The molecule has 4 heterocycles.